The first-order valence-electron chi connectivity index (χ1n) is 4.73. The third kappa shape index (κ3) is 3.03. The van der Waals surface area contributed by atoms with Crippen LogP contribution < -0.4 is 0 Å². The molecule has 1 N–H and O–H groups in total. The summed E-state index contributed by atoms with van der Waals surface area (Å²) in [6.07, 6.45) is 1.88. The van der Waals surface area contributed by atoms with Crippen LogP contribution in [-0.2, 0) is 12.8 Å². The number of aryl methyl sites for hydroxylation is 2. The zero-order valence-corrected chi connectivity index (χ0v) is 9.28. The van der Waals surface area contributed by atoms with Crippen LogP contribution in [0, 0.1) is 12.8 Å². The van der Waals surface area contributed by atoms with Gasteiger partial charge in [0, 0.05) is 18.0 Å². The Bertz CT molecular complexity index is 266. The average Bonchev–Trinajstić information content (AvgIpc) is 2.31. The van der Waals surface area contributed by atoms with Crippen LogP contribution in [0.25, 0.3) is 0 Å². The summed E-state index contributed by atoms with van der Waals surface area (Å²) < 4.78 is 0. The van der Waals surface area contributed by atoms with Gasteiger partial charge in [-0.3, -0.25) is 0 Å². The maximum atomic E-state index is 5.64. The molecule has 1 aromatic rings. The lowest BCUT2D eigenvalue weighted by molar-refractivity contribution is 0.634. The Balaban J connectivity index is 2.71. The maximum absolute atomic E-state index is 5.64. The summed E-state index contributed by atoms with van der Waals surface area (Å²) in [6, 6.07) is 0. The van der Waals surface area contributed by atoms with Gasteiger partial charge in [0.2, 0.25) is 0 Å². The lowest BCUT2D eigenvalue weighted by atomic mass is 10.1. The van der Waals surface area contributed by atoms with Crippen molar-refractivity contribution in [2.75, 3.05) is 5.88 Å². The smallest absolute Gasteiger partial charge is 0.107 e. The zero-order chi connectivity index (χ0) is 9.84. The Hall–Kier alpha value is -0.500. The molecule has 0 aliphatic rings. The van der Waals surface area contributed by atoms with Gasteiger partial charge in [0.25, 0.3) is 0 Å². The molecular weight excluding hydrogens is 184 g/mol. The topological polar surface area (TPSA) is 28.7 Å². The Labute approximate surface area is 84.7 Å². The van der Waals surface area contributed by atoms with E-state index >= 15 is 0 Å². The Morgan fingerprint density at radius 1 is 1.46 bits per heavy atom. The van der Waals surface area contributed by atoms with Crippen molar-refractivity contribution in [3.63, 3.8) is 0 Å². The van der Waals surface area contributed by atoms with Gasteiger partial charge < -0.3 is 4.98 Å². The van der Waals surface area contributed by atoms with Crippen molar-refractivity contribution in [2.45, 2.75) is 33.6 Å². The molecule has 0 unspecified atom stereocenters. The molecule has 0 bridgehead atoms. The minimum Gasteiger partial charge on any atom is -0.346 e. The molecule has 0 saturated carbocycles. The third-order valence-corrected chi connectivity index (χ3v) is 2.16. The van der Waals surface area contributed by atoms with Crippen LogP contribution in [0.5, 0.6) is 0 Å². The molecular formula is C10H17ClN2. The second kappa shape index (κ2) is 4.66. The fraction of sp³-hybridized carbons (Fsp3) is 0.700. The Morgan fingerprint density at radius 3 is 2.69 bits per heavy atom. The summed E-state index contributed by atoms with van der Waals surface area (Å²) in [7, 11) is 0. The van der Waals surface area contributed by atoms with Crippen molar-refractivity contribution >= 4 is 11.6 Å². The summed E-state index contributed by atoms with van der Waals surface area (Å²) in [5, 5.41) is 0. The molecule has 0 fully saturated rings. The number of nitrogens with one attached hydrogen (secondary N) is 1. The SMILES string of the molecule is Cc1[nH]c(CCCl)nc1CC(C)C. The van der Waals surface area contributed by atoms with E-state index in [2.05, 4.69) is 30.7 Å². The van der Waals surface area contributed by atoms with Gasteiger partial charge in [0.05, 0.1) is 5.69 Å². The summed E-state index contributed by atoms with van der Waals surface area (Å²) in [6.45, 7) is 6.48. The van der Waals surface area contributed by atoms with E-state index in [4.69, 9.17) is 11.6 Å². The Kier molecular flexibility index (Phi) is 3.79. The van der Waals surface area contributed by atoms with Crippen molar-refractivity contribution in [1.29, 1.82) is 0 Å². The van der Waals surface area contributed by atoms with Crippen molar-refractivity contribution in [2.24, 2.45) is 5.92 Å². The molecule has 0 amide bonds. The van der Waals surface area contributed by atoms with Crippen LogP contribution in [0.3, 0.4) is 0 Å². The molecule has 0 radical (unpaired) electrons. The number of H-pyrrole nitrogens is 1. The van der Waals surface area contributed by atoms with Crippen LogP contribution >= 0.6 is 11.6 Å². The molecule has 1 rings (SSSR count). The van der Waals surface area contributed by atoms with Crippen molar-refractivity contribution in [3.05, 3.63) is 17.2 Å². The number of rotatable bonds is 4. The van der Waals surface area contributed by atoms with E-state index in [1.807, 2.05) is 0 Å². The van der Waals surface area contributed by atoms with Crippen LogP contribution in [-0.4, -0.2) is 15.8 Å². The predicted molar refractivity (Wildman–Crippen MR) is 56.3 cm³/mol. The quantitative estimate of drug-likeness (QED) is 0.744. The predicted octanol–water partition coefficient (Wildman–Crippen LogP) is 2.70. The summed E-state index contributed by atoms with van der Waals surface area (Å²) in [4.78, 5) is 7.76. The molecule has 0 atom stereocenters. The zero-order valence-electron chi connectivity index (χ0n) is 8.52. The van der Waals surface area contributed by atoms with Gasteiger partial charge in [0.15, 0.2) is 0 Å². The number of nitrogens with zero attached hydrogens (tertiary/aromatic N) is 1. The lowest BCUT2D eigenvalue weighted by Crippen LogP contribution is -1.96. The van der Waals surface area contributed by atoms with Gasteiger partial charge in [-0.1, -0.05) is 13.8 Å². The number of hydrogen-bond donors (Lipinski definition) is 1. The largest absolute Gasteiger partial charge is 0.346 e. The first kappa shape index (κ1) is 10.6. The van der Waals surface area contributed by atoms with Crippen LogP contribution in [0.4, 0.5) is 0 Å². The van der Waals surface area contributed by atoms with E-state index in [1.165, 1.54) is 11.4 Å². The molecule has 13 heavy (non-hydrogen) atoms. The normalized spacial score (nSPS) is 11.2. The lowest BCUT2D eigenvalue weighted by Gasteiger charge is -2.00. The second-order valence-electron chi connectivity index (χ2n) is 3.79. The van der Waals surface area contributed by atoms with E-state index in [0.717, 1.165) is 18.7 Å². The monoisotopic (exact) mass is 200 g/mol. The van der Waals surface area contributed by atoms with Crippen LogP contribution in [0.2, 0.25) is 0 Å². The van der Waals surface area contributed by atoms with Gasteiger partial charge in [-0.25, -0.2) is 4.98 Å². The van der Waals surface area contributed by atoms with Gasteiger partial charge in [-0.05, 0) is 19.3 Å². The van der Waals surface area contributed by atoms with Crippen molar-refractivity contribution < 1.29 is 0 Å². The summed E-state index contributed by atoms with van der Waals surface area (Å²) in [5.74, 6) is 2.31. The molecule has 0 aromatic carbocycles. The number of aromatic amines is 1. The average molecular weight is 201 g/mol. The number of hydrogen-bond acceptors (Lipinski definition) is 1. The van der Waals surface area contributed by atoms with Crippen molar-refractivity contribution in [3.8, 4) is 0 Å². The number of halogens is 1. The minimum atomic E-state index is 0.633. The number of aromatic nitrogens is 2. The molecule has 0 aliphatic heterocycles. The standard InChI is InChI=1S/C10H17ClN2/c1-7(2)6-9-8(3)12-10(13-9)4-5-11/h7H,4-6H2,1-3H3,(H,12,13). The molecule has 2 nitrogen and oxygen atoms in total. The first-order valence-corrected chi connectivity index (χ1v) is 5.27. The highest BCUT2D eigenvalue weighted by molar-refractivity contribution is 6.17. The van der Waals surface area contributed by atoms with Gasteiger partial charge >= 0.3 is 0 Å². The fourth-order valence-electron chi connectivity index (χ4n) is 1.36. The summed E-state index contributed by atoms with van der Waals surface area (Å²) in [5.41, 5.74) is 2.38. The maximum Gasteiger partial charge on any atom is 0.107 e. The Morgan fingerprint density at radius 2 is 2.15 bits per heavy atom. The van der Waals surface area contributed by atoms with Crippen LogP contribution in [0.15, 0.2) is 0 Å². The van der Waals surface area contributed by atoms with Crippen molar-refractivity contribution in [1.82, 2.24) is 9.97 Å². The summed E-state index contributed by atoms with van der Waals surface area (Å²) >= 11 is 5.64. The third-order valence-electron chi connectivity index (χ3n) is 1.97. The fourth-order valence-corrected chi connectivity index (χ4v) is 1.54. The highest BCUT2D eigenvalue weighted by Gasteiger charge is 2.07. The molecule has 0 aliphatic carbocycles. The highest BCUT2D eigenvalue weighted by atomic mass is 35.5. The van der Waals surface area contributed by atoms with Gasteiger partial charge in [-0.2, -0.15) is 0 Å². The minimum absolute atomic E-state index is 0.633. The first-order chi connectivity index (χ1) is 6.13. The number of alkyl halides is 1. The molecule has 0 saturated heterocycles. The van der Waals surface area contributed by atoms with E-state index in [0.29, 0.717) is 11.8 Å². The van der Waals surface area contributed by atoms with Gasteiger partial charge in [-0.15, -0.1) is 11.6 Å². The molecule has 0 spiro atoms. The van der Waals surface area contributed by atoms with E-state index in [-0.39, 0.29) is 0 Å². The van der Waals surface area contributed by atoms with Crippen LogP contribution in [0.1, 0.15) is 31.1 Å². The molecule has 1 aromatic heterocycles. The molecule has 3 heteroatoms. The van der Waals surface area contributed by atoms with Gasteiger partial charge in [0.1, 0.15) is 5.82 Å². The highest BCUT2D eigenvalue weighted by Crippen LogP contribution is 2.11. The van der Waals surface area contributed by atoms with E-state index in [9.17, 15) is 0 Å². The molecule has 74 valence electrons. The van der Waals surface area contributed by atoms with E-state index < -0.39 is 0 Å². The molecule has 1 heterocycles. The van der Waals surface area contributed by atoms with E-state index in [1.54, 1.807) is 0 Å². The second-order valence-corrected chi connectivity index (χ2v) is 4.17. The number of imidazole rings is 1.